The number of rotatable bonds is 5. The molecule has 1 N–H and O–H groups in total. The molecule has 1 aromatic carbocycles. The maximum Gasteiger partial charge on any atom is 0.133 e. The Labute approximate surface area is 128 Å². The van der Waals surface area contributed by atoms with Crippen LogP contribution in [0.4, 0.5) is 5.82 Å². The highest BCUT2D eigenvalue weighted by Crippen LogP contribution is 2.32. The van der Waals surface area contributed by atoms with Crippen molar-refractivity contribution in [2.45, 2.75) is 32.6 Å². The monoisotopic (exact) mass is 285 g/mol. The second-order valence-corrected chi connectivity index (χ2v) is 6.89. The van der Waals surface area contributed by atoms with Gasteiger partial charge >= 0.3 is 0 Å². The molecule has 0 bridgehead atoms. The summed E-state index contributed by atoms with van der Waals surface area (Å²) in [6, 6.07) is 8.64. The number of aromatic nitrogens is 1. The Hall–Kier alpha value is -1.61. The van der Waals surface area contributed by atoms with E-state index in [-0.39, 0.29) is 5.41 Å². The van der Waals surface area contributed by atoms with E-state index in [0.29, 0.717) is 0 Å². The lowest BCUT2D eigenvalue weighted by Gasteiger charge is -2.22. The summed E-state index contributed by atoms with van der Waals surface area (Å²) in [7, 11) is 4.21. The average molecular weight is 285 g/mol. The van der Waals surface area contributed by atoms with E-state index < -0.39 is 0 Å². The lowest BCUT2D eigenvalue weighted by Crippen LogP contribution is -2.17. The number of anilines is 1. The number of fused-ring (bicyclic) bond motifs is 1. The van der Waals surface area contributed by atoms with E-state index >= 15 is 0 Å². The largest absolute Gasteiger partial charge is 0.370 e. The minimum Gasteiger partial charge on any atom is -0.370 e. The Morgan fingerprint density at radius 2 is 1.86 bits per heavy atom. The molecule has 0 spiro atoms. The molecule has 0 aliphatic heterocycles. The SMILES string of the molecule is CN(C)CCCNc1nccc2c(C(C)(C)C)cccc12. The third kappa shape index (κ3) is 3.94. The van der Waals surface area contributed by atoms with Crippen LogP contribution in [0.1, 0.15) is 32.8 Å². The zero-order valence-corrected chi connectivity index (χ0v) is 13.9. The highest BCUT2D eigenvalue weighted by Gasteiger charge is 2.17. The van der Waals surface area contributed by atoms with Gasteiger partial charge in [0.05, 0.1) is 0 Å². The van der Waals surface area contributed by atoms with Gasteiger partial charge in [0.25, 0.3) is 0 Å². The summed E-state index contributed by atoms with van der Waals surface area (Å²) in [6.45, 7) is 8.81. The first-order valence-corrected chi connectivity index (χ1v) is 7.66. The van der Waals surface area contributed by atoms with Gasteiger partial charge in [-0.15, -0.1) is 0 Å². The van der Waals surface area contributed by atoms with E-state index in [9.17, 15) is 0 Å². The van der Waals surface area contributed by atoms with Crippen LogP contribution in [0, 0.1) is 0 Å². The molecule has 0 saturated carbocycles. The molecule has 0 amide bonds. The van der Waals surface area contributed by atoms with Gasteiger partial charge in [-0.1, -0.05) is 39.0 Å². The number of hydrogen-bond donors (Lipinski definition) is 1. The maximum atomic E-state index is 4.52. The Bertz CT molecular complexity index is 597. The number of hydrogen-bond acceptors (Lipinski definition) is 3. The van der Waals surface area contributed by atoms with Crippen molar-refractivity contribution in [2.75, 3.05) is 32.5 Å². The van der Waals surface area contributed by atoms with Crippen molar-refractivity contribution in [3.63, 3.8) is 0 Å². The molecule has 1 aromatic heterocycles. The number of benzene rings is 1. The summed E-state index contributed by atoms with van der Waals surface area (Å²) in [5.74, 6) is 0.998. The maximum absolute atomic E-state index is 4.52. The fourth-order valence-electron chi connectivity index (χ4n) is 2.60. The molecule has 1 heterocycles. The van der Waals surface area contributed by atoms with Crippen LogP contribution >= 0.6 is 0 Å². The Kier molecular flexibility index (Phi) is 4.84. The van der Waals surface area contributed by atoms with Gasteiger partial charge in [0.15, 0.2) is 0 Å². The molecule has 0 atom stereocenters. The molecule has 0 aliphatic rings. The molecule has 0 saturated heterocycles. The molecular weight excluding hydrogens is 258 g/mol. The second kappa shape index (κ2) is 6.44. The van der Waals surface area contributed by atoms with Crippen molar-refractivity contribution in [3.05, 3.63) is 36.0 Å². The number of nitrogens with one attached hydrogen (secondary N) is 1. The quantitative estimate of drug-likeness (QED) is 0.845. The summed E-state index contributed by atoms with van der Waals surface area (Å²) < 4.78 is 0. The van der Waals surface area contributed by atoms with E-state index in [1.165, 1.54) is 16.3 Å². The van der Waals surface area contributed by atoms with E-state index in [2.05, 4.69) is 74.3 Å². The Balaban J connectivity index is 2.26. The predicted octanol–water partition coefficient (Wildman–Crippen LogP) is 3.90. The summed E-state index contributed by atoms with van der Waals surface area (Å²) in [6.07, 6.45) is 3.02. The molecule has 3 heteroatoms. The van der Waals surface area contributed by atoms with Gasteiger partial charge in [-0.2, -0.15) is 0 Å². The standard InChI is InChI=1S/C18H27N3/c1-18(2,3)16-9-6-8-15-14(16)10-12-20-17(15)19-11-7-13-21(4)5/h6,8-10,12H,7,11,13H2,1-5H3,(H,19,20). The fourth-order valence-corrected chi connectivity index (χ4v) is 2.60. The third-order valence-electron chi connectivity index (χ3n) is 3.69. The lowest BCUT2D eigenvalue weighted by molar-refractivity contribution is 0.405. The van der Waals surface area contributed by atoms with Crippen LogP contribution in [0.2, 0.25) is 0 Å². The van der Waals surface area contributed by atoms with Gasteiger partial charge in [-0.25, -0.2) is 4.98 Å². The smallest absolute Gasteiger partial charge is 0.133 e. The first kappa shape index (κ1) is 15.8. The first-order valence-electron chi connectivity index (χ1n) is 7.66. The Morgan fingerprint density at radius 3 is 2.52 bits per heavy atom. The fraction of sp³-hybridized carbons (Fsp3) is 0.500. The minimum absolute atomic E-state index is 0.142. The predicted molar refractivity (Wildman–Crippen MR) is 92.1 cm³/mol. The van der Waals surface area contributed by atoms with E-state index in [0.717, 1.165) is 25.3 Å². The molecule has 0 radical (unpaired) electrons. The van der Waals surface area contributed by atoms with Gasteiger partial charge in [-0.05, 0) is 49.5 Å². The van der Waals surface area contributed by atoms with Gasteiger partial charge in [-0.3, -0.25) is 0 Å². The number of nitrogens with zero attached hydrogens (tertiary/aromatic N) is 2. The van der Waals surface area contributed by atoms with Crippen LogP contribution < -0.4 is 5.32 Å². The van der Waals surface area contributed by atoms with Gasteiger partial charge < -0.3 is 10.2 Å². The topological polar surface area (TPSA) is 28.2 Å². The van der Waals surface area contributed by atoms with E-state index in [1.54, 1.807) is 0 Å². The lowest BCUT2D eigenvalue weighted by atomic mass is 9.84. The molecule has 0 aliphatic carbocycles. The minimum atomic E-state index is 0.142. The van der Waals surface area contributed by atoms with Crippen molar-refractivity contribution in [1.82, 2.24) is 9.88 Å². The zero-order valence-electron chi connectivity index (χ0n) is 13.9. The molecule has 3 nitrogen and oxygen atoms in total. The Morgan fingerprint density at radius 1 is 1.10 bits per heavy atom. The summed E-state index contributed by atoms with van der Waals surface area (Å²) in [5.41, 5.74) is 1.52. The number of pyridine rings is 1. The average Bonchev–Trinajstić information content (AvgIpc) is 2.41. The molecule has 0 fully saturated rings. The molecular formula is C18H27N3. The van der Waals surface area contributed by atoms with E-state index in [4.69, 9.17) is 0 Å². The highest BCUT2D eigenvalue weighted by molar-refractivity contribution is 5.94. The second-order valence-electron chi connectivity index (χ2n) is 6.89. The first-order chi connectivity index (χ1) is 9.89. The zero-order chi connectivity index (χ0) is 15.5. The van der Waals surface area contributed by atoms with Gasteiger partial charge in [0.1, 0.15) is 5.82 Å². The summed E-state index contributed by atoms with van der Waals surface area (Å²) in [4.78, 5) is 6.73. The third-order valence-corrected chi connectivity index (χ3v) is 3.69. The van der Waals surface area contributed by atoms with Crippen LogP contribution in [-0.4, -0.2) is 37.1 Å². The van der Waals surface area contributed by atoms with Gasteiger partial charge in [0, 0.05) is 18.1 Å². The highest BCUT2D eigenvalue weighted by atomic mass is 15.1. The molecule has 2 rings (SSSR count). The van der Waals surface area contributed by atoms with Crippen molar-refractivity contribution in [2.24, 2.45) is 0 Å². The van der Waals surface area contributed by atoms with Crippen molar-refractivity contribution in [1.29, 1.82) is 0 Å². The van der Waals surface area contributed by atoms with Crippen molar-refractivity contribution in [3.8, 4) is 0 Å². The van der Waals surface area contributed by atoms with Crippen LogP contribution in [0.5, 0.6) is 0 Å². The van der Waals surface area contributed by atoms with Crippen LogP contribution in [0.15, 0.2) is 30.5 Å². The van der Waals surface area contributed by atoms with Crippen LogP contribution in [0.3, 0.4) is 0 Å². The molecule has 0 unspecified atom stereocenters. The summed E-state index contributed by atoms with van der Waals surface area (Å²) >= 11 is 0. The molecule has 114 valence electrons. The normalized spacial score (nSPS) is 12.1. The van der Waals surface area contributed by atoms with Crippen LogP contribution in [0.25, 0.3) is 10.8 Å². The van der Waals surface area contributed by atoms with Crippen molar-refractivity contribution >= 4 is 16.6 Å². The van der Waals surface area contributed by atoms with E-state index in [1.807, 2.05) is 6.20 Å². The molecule has 21 heavy (non-hydrogen) atoms. The van der Waals surface area contributed by atoms with Crippen LogP contribution in [-0.2, 0) is 5.41 Å². The molecule has 2 aromatic rings. The van der Waals surface area contributed by atoms with Gasteiger partial charge in [0.2, 0.25) is 0 Å². The van der Waals surface area contributed by atoms with Crippen molar-refractivity contribution < 1.29 is 0 Å². The summed E-state index contributed by atoms with van der Waals surface area (Å²) in [5, 5.41) is 6.00.